The van der Waals surface area contributed by atoms with Gasteiger partial charge in [-0.2, -0.15) is 5.10 Å². The summed E-state index contributed by atoms with van der Waals surface area (Å²) in [4.78, 5) is 12.3. The van der Waals surface area contributed by atoms with Crippen molar-refractivity contribution in [2.45, 2.75) is 20.4 Å². The Balaban J connectivity index is 1.79. The number of amides is 1. The topological polar surface area (TPSA) is 65.4 Å². The summed E-state index contributed by atoms with van der Waals surface area (Å²) in [6.45, 7) is 5.61. The number of anilines is 1. The van der Waals surface area contributed by atoms with Gasteiger partial charge in [0.15, 0.2) is 11.5 Å². The summed E-state index contributed by atoms with van der Waals surface area (Å²) in [6, 6.07) is 5.36. The molecule has 21 heavy (non-hydrogen) atoms. The lowest BCUT2D eigenvalue weighted by Crippen LogP contribution is -2.16. The molecule has 1 aromatic heterocycles. The van der Waals surface area contributed by atoms with E-state index in [1.165, 1.54) is 0 Å². The molecule has 1 N–H and O–H groups in total. The highest BCUT2D eigenvalue weighted by atomic mass is 16.6. The van der Waals surface area contributed by atoms with Crippen LogP contribution < -0.4 is 14.8 Å². The SMILES string of the molecule is CCn1cc(C(=O)Nc2ccc3c(c2)OCCO3)c(C)n1. The van der Waals surface area contributed by atoms with Crippen LogP contribution in [0, 0.1) is 6.92 Å². The molecule has 6 nitrogen and oxygen atoms in total. The van der Waals surface area contributed by atoms with Crippen LogP contribution in [0.5, 0.6) is 11.5 Å². The standard InChI is InChI=1S/C15H17N3O3/c1-3-18-9-12(10(2)17-18)15(19)16-11-4-5-13-14(8-11)21-7-6-20-13/h4-5,8-9H,3,6-7H2,1-2H3,(H,16,19). The monoisotopic (exact) mass is 287 g/mol. The van der Waals surface area contributed by atoms with Crippen LogP contribution >= 0.6 is 0 Å². The summed E-state index contributed by atoms with van der Waals surface area (Å²) in [5.41, 5.74) is 1.96. The molecule has 0 unspecified atom stereocenters. The first-order valence-electron chi connectivity index (χ1n) is 6.92. The second-order valence-corrected chi connectivity index (χ2v) is 4.80. The van der Waals surface area contributed by atoms with Crippen molar-refractivity contribution < 1.29 is 14.3 Å². The molecule has 0 atom stereocenters. The lowest BCUT2D eigenvalue weighted by atomic mass is 10.2. The van der Waals surface area contributed by atoms with Crippen molar-refractivity contribution in [1.82, 2.24) is 9.78 Å². The van der Waals surface area contributed by atoms with Gasteiger partial charge in [0, 0.05) is 24.5 Å². The number of ether oxygens (including phenoxy) is 2. The number of carbonyl (C=O) groups excluding carboxylic acids is 1. The zero-order chi connectivity index (χ0) is 14.8. The van der Waals surface area contributed by atoms with Gasteiger partial charge in [0.25, 0.3) is 5.91 Å². The molecule has 1 aliphatic rings. The molecule has 1 aromatic carbocycles. The van der Waals surface area contributed by atoms with E-state index in [-0.39, 0.29) is 5.91 Å². The van der Waals surface area contributed by atoms with Crippen molar-refractivity contribution in [3.05, 3.63) is 35.7 Å². The third-order valence-corrected chi connectivity index (χ3v) is 3.32. The van der Waals surface area contributed by atoms with E-state index in [1.807, 2.05) is 13.8 Å². The maximum Gasteiger partial charge on any atom is 0.259 e. The number of rotatable bonds is 3. The summed E-state index contributed by atoms with van der Waals surface area (Å²) in [5.74, 6) is 1.18. The molecule has 2 aromatic rings. The number of aromatic nitrogens is 2. The summed E-state index contributed by atoms with van der Waals surface area (Å²) in [6.07, 6.45) is 1.75. The Morgan fingerprint density at radius 2 is 2.10 bits per heavy atom. The number of aryl methyl sites for hydroxylation is 2. The van der Waals surface area contributed by atoms with Gasteiger partial charge in [-0.25, -0.2) is 0 Å². The second-order valence-electron chi connectivity index (χ2n) is 4.80. The van der Waals surface area contributed by atoms with E-state index in [1.54, 1.807) is 29.1 Å². The molecule has 0 bridgehead atoms. The Hall–Kier alpha value is -2.50. The molecule has 0 radical (unpaired) electrons. The van der Waals surface area contributed by atoms with E-state index in [2.05, 4.69) is 10.4 Å². The molecule has 0 saturated carbocycles. The fourth-order valence-corrected chi connectivity index (χ4v) is 2.22. The summed E-state index contributed by atoms with van der Waals surface area (Å²) >= 11 is 0. The molecule has 0 fully saturated rings. The molecule has 0 aliphatic carbocycles. The molecule has 1 aliphatic heterocycles. The van der Waals surface area contributed by atoms with Crippen LogP contribution in [0.4, 0.5) is 5.69 Å². The van der Waals surface area contributed by atoms with E-state index in [0.29, 0.717) is 41.7 Å². The van der Waals surface area contributed by atoms with Crippen LogP contribution in [0.15, 0.2) is 24.4 Å². The molecule has 6 heteroatoms. The Bertz CT molecular complexity index is 679. The average Bonchev–Trinajstić information content (AvgIpc) is 2.88. The van der Waals surface area contributed by atoms with Gasteiger partial charge >= 0.3 is 0 Å². The van der Waals surface area contributed by atoms with Gasteiger partial charge in [0.2, 0.25) is 0 Å². The molecule has 0 spiro atoms. The quantitative estimate of drug-likeness (QED) is 0.940. The highest BCUT2D eigenvalue weighted by molar-refractivity contribution is 6.05. The first kappa shape index (κ1) is 13.5. The summed E-state index contributed by atoms with van der Waals surface area (Å²) in [5, 5.41) is 7.13. The third kappa shape index (κ3) is 2.69. The fraction of sp³-hybridized carbons (Fsp3) is 0.333. The van der Waals surface area contributed by atoms with Gasteiger partial charge in [-0.15, -0.1) is 0 Å². The van der Waals surface area contributed by atoms with E-state index in [0.717, 1.165) is 6.54 Å². The maximum atomic E-state index is 12.3. The van der Waals surface area contributed by atoms with Crippen molar-refractivity contribution in [3.8, 4) is 11.5 Å². The molecule has 1 amide bonds. The number of carbonyl (C=O) groups is 1. The first-order chi connectivity index (χ1) is 10.2. The predicted octanol–water partition coefficient (Wildman–Crippen LogP) is 2.23. The van der Waals surface area contributed by atoms with Crippen molar-refractivity contribution in [1.29, 1.82) is 0 Å². The zero-order valence-electron chi connectivity index (χ0n) is 12.0. The molecule has 2 heterocycles. The minimum absolute atomic E-state index is 0.177. The van der Waals surface area contributed by atoms with Crippen LogP contribution in [0.25, 0.3) is 0 Å². The van der Waals surface area contributed by atoms with Crippen LogP contribution in [0.3, 0.4) is 0 Å². The number of nitrogens with one attached hydrogen (secondary N) is 1. The molecule has 110 valence electrons. The lowest BCUT2D eigenvalue weighted by molar-refractivity contribution is 0.102. The Morgan fingerprint density at radius 1 is 1.33 bits per heavy atom. The Morgan fingerprint density at radius 3 is 2.81 bits per heavy atom. The van der Waals surface area contributed by atoms with E-state index in [4.69, 9.17) is 9.47 Å². The predicted molar refractivity (Wildman–Crippen MR) is 78.0 cm³/mol. The molecule has 3 rings (SSSR count). The molecular formula is C15H17N3O3. The highest BCUT2D eigenvalue weighted by Gasteiger charge is 2.16. The van der Waals surface area contributed by atoms with Gasteiger partial charge in [-0.1, -0.05) is 0 Å². The zero-order valence-corrected chi connectivity index (χ0v) is 12.0. The van der Waals surface area contributed by atoms with Crippen LogP contribution in [0.2, 0.25) is 0 Å². The summed E-state index contributed by atoms with van der Waals surface area (Å²) < 4.78 is 12.7. The molecular weight excluding hydrogens is 270 g/mol. The maximum absolute atomic E-state index is 12.3. The number of benzene rings is 1. The van der Waals surface area contributed by atoms with Crippen molar-refractivity contribution in [2.24, 2.45) is 0 Å². The minimum atomic E-state index is -0.177. The Kier molecular flexibility index (Phi) is 3.51. The van der Waals surface area contributed by atoms with Crippen molar-refractivity contribution >= 4 is 11.6 Å². The van der Waals surface area contributed by atoms with E-state index in [9.17, 15) is 4.79 Å². The fourth-order valence-electron chi connectivity index (χ4n) is 2.22. The van der Waals surface area contributed by atoms with Gasteiger partial charge < -0.3 is 14.8 Å². The molecule has 0 saturated heterocycles. The highest BCUT2D eigenvalue weighted by Crippen LogP contribution is 2.32. The number of fused-ring (bicyclic) bond motifs is 1. The smallest absolute Gasteiger partial charge is 0.259 e. The average molecular weight is 287 g/mol. The van der Waals surface area contributed by atoms with Crippen molar-refractivity contribution in [3.63, 3.8) is 0 Å². The second kappa shape index (κ2) is 5.47. The number of hydrogen-bond donors (Lipinski definition) is 1. The van der Waals surface area contributed by atoms with Gasteiger partial charge in [-0.3, -0.25) is 9.48 Å². The minimum Gasteiger partial charge on any atom is -0.486 e. The number of hydrogen-bond acceptors (Lipinski definition) is 4. The third-order valence-electron chi connectivity index (χ3n) is 3.32. The summed E-state index contributed by atoms with van der Waals surface area (Å²) in [7, 11) is 0. The van der Waals surface area contributed by atoms with Crippen LogP contribution in [-0.4, -0.2) is 28.9 Å². The first-order valence-corrected chi connectivity index (χ1v) is 6.92. The lowest BCUT2D eigenvalue weighted by Gasteiger charge is -2.18. The largest absolute Gasteiger partial charge is 0.486 e. The van der Waals surface area contributed by atoms with E-state index < -0.39 is 0 Å². The van der Waals surface area contributed by atoms with Crippen molar-refractivity contribution in [2.75, 3.05) is 18.5 Å². The van der Waals surface area contributed by atoms with Crippen LogP contribution in [-0.2, 0) is 6.54 Å². The van der Waals surface area contributed by atoms with E-state index >= 15 is 0 Å². The normalized spacial score (nSPS) is 13.0. The van der Waals surface area contributed by atoms with Crippen LogP contribution in [0.1, 0.15) is 23.0 Å². The Labute approximate surface area is 122 Å². The number of nitrogens with zero attached hydrogens (tertiary/aromatic N) is 2. The van der Waals surface area contributed by atoms with Gasteiger partial charge in [0.05, 0.1) is 11.3 Å². The van der Waals surface area contributed by atoms with Gasteiger partial charge in [0.1, 0.15) is 13.2 Å². The van der Waals surface area contributed by atoms with Gasteiger partial charge in [-0.05, 0) is 26.0 Å².